The molecule has 88 valence electrons. The molecule has 0 aliphatic heterocycles. The van der Waals surface area contributed by atoms with Crippen LogP contribution in [0.3, 0.4) is 0 Å². The summed E-state index contributed by atoms with van der Waals surface area (Å²) in [4.78, 5) is 1.24. The summed E-state index contributed by atoms with van der Waals surface area (Å²) in [7, 11) is 0. The lowest BCUT2D eigenvalue weighted by Gasteiger charge is -2.37. The molecule has 1 fully saturated rings. The lowest BCUT2D eigenvalue weighted by atomic mass is 9.83. The van der Waals surface area contributed by atoms with Crippen molar-refractivity contribution in [2.75, 3.05) is 0 Å². The predicted molar refractivity (Wildman–Crippen MR) is 66.6 cm³/mol. The zero-order valence-corrected chi connectivity index (χ0v) is 10.3. The number of aliphatic hydroxyl groups excluding tert-OH is 1. The molecule has 0 amide bonds. The monoisotopic (exact) mass is 238 g/mol. The molecule has 1 aromatic rings. The SMILES string of the molecule is C[C@@]1(O)CC[C@H](Sc2ccccc2)C[C@H]1O. The topological polar surface area (TPSA) is 40.5 Å². The molecule has 1 saturated carbocycles. The van der Waals surface area contributed by atoms with Crippen molar-refractivity contribution < 1.29 is 10.2 Å². The normalized spacial score (nSPS) is 34.9. The van der Waals surface area contributed by atoms with E-state index >= 15 is 0 Å². The van der Waals surface area contributed by atoms with Crippen molar-refractivity contribution >= 4 is 11.8 Å². The fraction of sp³-hybridized carbons (Fsp3) is 0.538. The Hall–Kier alpha value is -0.510. The van der Waals surface area contributed by atoms with Crippen LogP contribution in [0.15, 0.2) is 35.2 Å². The second kappa shape index (κ2) is 4.78. The Morgan fingerprint density at radius 3 is 2.62 bits per heavy atom. The number of aliphatic hydroxyl groups is 2. The Morgan fingerprint density at radius 2 is 2.00 bits per heavy atom. The summed E-state index contributed by atoms with van der Waals surface area (Å²) >= 11 is 1.80. The summed E-state index contributed by atoms with van der Waals surface area (Å²) in [6.45, 7) is 1.72. The van der Waals surface area contributed by atoms with Gasteiger partial charge in [-0.2, -0.15) is 0 Å². The summed E-state index contributed by atoms with van der Waals surface area (Å²) in [5, 5.41) is 20.1. The second-order valence-corrected chi connectivity index (χ2v) is 6.07. The van der Waals surface area contributed by atoms with Crippen LogP contribution in [-0.2, 0) is 0 Å². The lowest BCUT2D eigenvalue weighted by molar-refractivity contribution is -0.0848. The van der Waals surface area contributed by atoms with Crippen LogP contribution in [0.4, 0.5) is 0 Å². The van der Waals surface area contributed by atoms with Gasteiger partial charge in [-0.15, -0.1) is 11.8 Å². The molecular weight excluding hydrogens is 220 g/mol. The van der Waals surface area contributed by atoms with E-state index in [0.29, 0.717) is 18.1 Å². The van der Waals surface area contributed by atoms with E-state index in [1.54, 1.807) is 18.7 Å². The Bertz CT molecular complexity index is 337. The van der Waals surface area contributed by atoms with E-state index in [0.717, 1.165) is 6.42 Å². The maximum atomic E-state index is 9.87. The van der Waals surface area contributed by atoms with E-state index < -0.39 is 11.7 Å². The molecule has 2 nitrogen and oxygen atoms in total. The largest absolute Gasteiger partial charge is 0.390 e. The highest BCUT2D eigenvalue weighted by atomic mass is 32.2. The van der Waals surface area contributed by atoms with Crippen molar-refractivity contribution in [1.82, 2.24) is 0 Å². The van der Waals surface area contributed by atoms with Gasteiger partial charge in [0.2, 0.25) is 0 Å². The van der Waals surface area contributed by atoms with E-state index in [1.807, 2.05) is 18.2 Å². The molecule has 1 aliphatic rings. The van der Waals surface area contributed by atoms with Gasteiger partial charge in [-0.25, -0.2) is 0 Å². The molecule has 16 heavy (non-hydrogen) atoms. The maximum absolute atomic E-state index is 9.87. The number of benzene rings is 1. The van der Waals surface area contributed by atoms with E-state index in [-0.39, 0.29) is 0 Å². The number of hydrogen-bond acceptors (Lipinski definition) is 3. The van der Waals surface area contributed by atoms with E-state index in [2.05, 4.69) is 12.1 Å². The first-order valence-corrected chi connectivity index (χ1v) is 6.58. The summed E-state index contributed by atoms with van der Waals surface area (Å²) in [5.74, 6) is 0. The zero-order chi connectivity index (χ0) is 11.6. The van der Waals surface area contributed by atoms with Crippen molar-refractivity contribution in [1.29, 1.82) is 0 Å². The molecule has 3 heteroatoms. The van der Waals surface area contributed by atoms with Gasteiger partial charge < -0.3 is 10.2 Å². The molecule has 1 aliphatic carbocycles. The molecule has 1 aromatic carbocycles. The van der Waals surface area contributed by atoms with Gasteiger partial charge in [0.25, 0.3) is 0 Å². The molecule has 2 N–H and O–H groups in total. The van der Waals surface area contributed by atoms with Crippen molar-refractivity contribution in [2.24, 2.45) is 0 Å². The fourth-order valence-electron chi connectivity index (χ4n) is 2.04. The highest BCUT2D eigenvalue weighted by molar-refractivity contribution is 8.00. The molecule has 0 heterocycles. The first-order valence-electron chi connectivity index (χ1n) is 5.70. The van der Waals surface area contributed by atoms with Crippen LogP contribution in [-0.4, -0.2) is 27.2 Å². The fourth-order valence-corrected chi connectivity index (χ4v) is 3.25. The van der Waals surface area contributed by atoms with Gasteiger partial charge in [0.15, 0.2) is 0 Å². The van der Waals surface area contributed by atoms with Crippen molar-refractivity contribution in [3.05, 3.63) is 30.3 Å². The molecule has 2 rings (SSSR count). The summed E-state index contributed by atoms with van der Waals surface area (Å²) in [6.07, 6.45) is 1.72. The molecule has 0 spiro atoms. The van der Waals surface area contributed by atoms with Gasteiger partial charge in [-0.05, 0) is 38.3 Å². The second-order valence-electron chi connectivity index (χ2n) is 4.70. The van der Waals surface area contributed by atoms with Gasteiger partial charge in [0.1, 0.15) is 0 Å². The maximum Gasteiger partial charge on any atom is 0.0878 e. The van der Waals surface area contributed by atoms with Gasteiger partial charge in [0, 0.05) is 10.1 Å². The first kappa shape index (κ1) is 12.0. The lowest BCUT2D eigenvalue weighted by Crippen LogP contribution is -2.45. The highest BCUT2D eigenvalue weighted by Gasteiger charge is 2.37. The van der Waals surface area contributed by atoms with Gasteiger partial charge in [-0.3, -0.25) is 0 Å². The predicted octanol–water partition coefficient (Wildman–Crippen LogP) is 2.44. The average molecular weight is 238 g/mol. The standard InChI is InChI=1S/C13H18O2S/c1-13(15)8-7-11(9-12(13)14)16-10-5-3-2-4-6-10/h2-6,11-12,14-15H,7-9H2,1H3/t11-,12+,13+/m0/s1. The van der Waals surface area contributed by atoms with Crippen LogP contribution < -0.4 is 0 Å². The molecular formula is C13H18O2S. The van der Waals surface area contributed by atoms with Crippen molar-refractivity contribution in [2.45, 2.75) is 48.0 Å². The summed E-state index contributed by atoms with van der Waals surface area (Å²) in [5.41, 5.74) is -0.895. The van der Waals surface area contributed by atoms with Crippen LogP contribution in [0.5, 0.6) is 0 Å². The van der Waals surface area contributed by atoms with E-state index in [1.165, 1.54) is 4.90 Å². The molecule has 0 saturated heterocycles. The third kappa shape index (κ3) is 2.78. The average Bonchev–Trinajstić information content (AvgIpc) is 2.26. The molecule has 3 atom stereocenters. The third-order valence-electron chi connectivity index (χ3n) is 3.22. The Labute approximate surface area is 101 Å². The van der Waals surface area contributed by atoms with Gasteiger partial charge >= 0.3 is 0 Å². The van der Waals surface area contributed by atoms with Crippen molar-refractivity contribution in [3.63, 3.8) is 0 Å². The van der Waals surface area contributed by atoms with Crippen LogP contribution >= 0.6 is 11.8 Å². The first-order chi connectivity index (χ1) is 7.58. The number of thioether (sulfide) groups is 1. The zero-order valence-electron chi connectivity index (χ0n) is 9.47. The van der Waals surface area contributed by atoms with Crippen LogP contribution in [0.2, 0.25) is 0 Å². The summed E-state index contributed by atoms with van der Waals surface area (Å²) < 4.78 is 0. The highest BCUT2D eigenvalue weighted by Crippen LogP contribution is 2.37. The number of rotatable bonds is 2. The van der Waals surface area contributed by atoms with E-state index in [4.69, 9.17) is 0 Å². The minimum absolute atomic E-state index is 0.414. The number of hydrogen-bond donors (Lipinski definition) is 2. The Morgan fingerprint density at radius 1 is 1.31 bits per heavy atom. The van der Waals surface area contributed by atoms with Gasteiger partial charge in [0.05, 0.1) is 11.7 Å². The molecule has 0 unspecified atom stereocenters. The summed E-state index contributed by atoms with van der Waals surface area (Å²) in [6, 6.07) is 10.2. The van der Waals surface area contributed by atoms with Crippen LogP contribution in [0, 0.1) is 0 Å². The van der Waals surface area contributed by atoms with Gasteiger partial charge in [-0.1, -0.05) is 18.2 Å². The third-order valence-corrected chi connectivity index (χ3v) is 4.53. The Kier molecular flexibility index (Phi) is 3.57. The van der Waals surface area contributed by atoms with Crippen molar-refractivity contribution in [3.8, 4) is 0 Å². The minimum Gasteiger partial charge on any atom is -0.390 e. The van der Waals surface area contributed by atoms with E-state index in [9.17, 15) is 10.2 Å². The Balaban J connectivity index is 1.94. The molecule has 0 radical (unpaired) electrons. The molecule has 0 bridgehead atoms. The van der Waals surface area contributed by atoms with Crippen LogP contribution in [0.25, 0.3) is 0 Å². The minimum atomic E-state index is -0.895. The molecule has 0 aromatic heterocycles. The van der Waals surface area contributed by atoms with Crippen LogP contribution in [0.1, 0.15) is 26.2 Å². The quantitative estimate of drug-likeness (QED) is 0.831. The smallest absolute Gasteiger partial charge is 0.0878 e.